The van der Waals surface area contributed by atoms with E-state index in [1.54, 1.807) is 0 Å². The molecular formula is C13H21NO2. The topological polar surface area (TPSA) is 41.5 Å². The van der Waals surface area contributed by atoms with Crippen molar-refractivity contribution in [1.82, 2.24) is 5.32 Å². The molecule has 2 N–H and O–H groups in total. The first-order valence-corrected chi connectivity index (χ1v) is 5.86. The molecule has 0 unspecified atom stereocenters. The van der Waals surface area contributed by atoms with Crippen LogP contribution in [-0.2, 0) is 11.2 Å². The molecule has 1 aromatic carbocycles. The van der Waals surface area contributed by atoms with E-state index in [4.69, 9.17) is 9.84 Å². The minimum absolute atomic E-state index is 0.105. The molecule has 0 saturated carbocycles. The Balaban J connectivity index is 1.89. The Kier molecular flexibility index (Phi) is 7.68. The van der Waals surface area contributed by atoms with Crippen molar-refractivity contribution in [3.05, 3.63) is 35.9 Å². The van der Waals surface area contributed by atoms with Gasteiger partial charge in [-0.1, -0.05) is 30.3 Å². The Hall–Kier alpha value is -0.900. The van der Waals surface area contributed by atoms with E-state index in [2.05, 4.69) is 29.6 Å². The number of hydrogen-bond donors (Lipinski definition) is 2. The lowest BCUT2D eigenvalue weighted by Crippen LogP contribution is -2.21. The quantitative estimate of drug-likeness (QED) is 0.618. The smallest absolute Gasteiger partial charge is 0.0698 e. The highest BCUT2D eigenvalue weighted by Crippen LogP contribution is 2.01. The van der Waals surface area contributed by atoms with Crippen LogP contribution in [0.1, 0.15) is 12.0 Å². The molecule has 0 atom stereocenters. The number of rotatable bonds is 9. The summed E-state index contributed by atoms with van der Waals surface area (Å²) in [4.78, 5) is 0. The number of ether oxygens (including phenoxy) is 1. The van der Waals surface area contributed by atoms with Crippen LogP contribution in [0.2, 0.25) is 0 Å². The molecule has 0 aliphatic rings. The van der Waals surface area contributed by atoms with Gasteiger partial charge < -0.3 is 15.2 Å². The highest BCUT2D eigenvalue weighted by atomic mass is 16.5. The predicted octanol–water partition coefficient (Wildman–Crippen LogP) is 1.22. The van der Waals surface area contributed by atoms with Gasteiger partial charge in [0.05, 0.1) is 19.8 Å². The fraction of sp³-hybridized carbons (Fsp3) is 0.538. The minimum Gasteiger partial charge on any atom is -0.394 e. The number of hydrogen-bond acceptors (Lipinski definition) is 3. The molecule has 90 valence electrons. The van der Waals surface area contributed by atoms with Gasteiger partial charge in [-0.15, -0.1) is 0 Å². The van der Waals surface area contributed by atoms with Gasteiger partial charge in [-0.3, -0.25) is 0 Å². The van der Waals surface area contributed by atoms with Crippen molar-refractivity contribution in [3.8, 4) is 0 Å². The third kappa shape index (κ3) is 6.56. The molecule has 3 nitrogen and oxygen atoms in total. The van der Waals surface area contributed by atoms with E-state index >= 15 is 0 Å². The molecular weight excluding hydrogens is 202 g/mol. The maximum absolute atomic E-state index is 8.49. The zero-order chi connectivity index (χ0) is 11.5. The summed E-state index contributed by atoms with van der Waals surface area (Å²) in [5.41, 5.74) is 1.39. The normalized spacial score (nSPS) is 10.6. The van der Waals surface area contributed by atoms with E-state index in [0.29, 0.717) is 13.2 Å². The zero-order valence-electron chi connectivity index (χ0n) is 9.69. The SMILES string of the molecule is OCCOCCNCCCc1ccccc1. The molecule has 16 heavy (non-hydrogen) atoms. The van der Waals surface area contributed by atoms with Gasteiger partial charge >= 0.3 is 0 Å². The van der Waals surface area contributed by atoms with E-state index < -0.39 is 0 Å². The maximum Gasteiger partial charge on any atom is 0.0698 e. The van der Waals surface area contributed by atoms with Crippen molar-refractivity contribution in [2.24, 2.45) is 0 Å². The number of aryl methyl sites for hydroxylation is 1. The summed E-state index contributed by atoms with van der Waals surface area (Å²) in [7, 11) is 0. The number of benzene rings is 1. The first-order chi connectivity index (χ1) is 7.93. The van der Waals surface area contributed by atoms with Gasteiger partial charge in [0.2, 0.25) is 0 Å². The average molecular weight is 223 g/mol. The largest absolute Gasteiger partial charge is 0.394 e. The van der Waals surface area contributed by atoms with Crippen molar-refractivity contribution >= 4 is 0 Å². The minimum atomic E-state index is 0.105. The molecule has 0 aliphatic heterocycles. The van der Waals surface area contributed by atoms with E-state index in [1.807, 2.05) is 6.07 Å². The molecule has 0 aromatic heterocycles. The van der Waals surface area contributed by atoms with Gasteiger partial charge in [0, 0.05) is 6.54 Å². The second-order valence-corrected chi connectivity index (χ2v) is 3.68. The number of aliphatic hydroxyl groups is 1. The zero-order valence-corrected chi connectivity index (χ0v) is 9.69. The molecule has 3 heteroatoms. The second-order valence-electron chi connectivity index (χ2n) is 3.68. The third-order valence-corrected chi connectivity index (χ3v) is 2.32. The Morgan fingerprint density at radius 1 is 1.06 bits per heavy atom. The van der Waals surface area contributed by atoms with Crippen molar-refractivity contribution < 1.29 is 9.84 Å². The summed E-state index contributed by atoms with van der Waals surface area (Å²) < 4.78 is 5.14. The molecule has 0 amide bonds. The van der Waals surface area contributed by atoms with Crippen molar-refractivity contribution in [1.29, 1.82) is 0 Å². The standard InChI is InChI=1S/C13H21NO2/c15-10-12-16-11-9-14-8-4-7-13-5-2-1-3-6-13/h1-3,5-6,14-15H,4,7-12H2. The van der Waals surface area contributed by atoms with Gasteiger partial charge in [-0.25, -0.2) is 0 Å². The molecule has 0 fully saturated rings. The average Bonchev–Trinajstić information content (AvgIpc) is 2.34. The summed E-state index contributed by atoms with van der Waals surface area (Å²) in [6.07, 6.45) is 2.26. The van der Waals surface area contributed by atoms with Crippen LogP contribution < -0.4 is 5.32 Å². The van der Waals surface area contributed by atoms with E-state index in [-0.39, 0.29) is 6.61 Å². The summed E-state index contributed by atoms with van der Waals surface area (Å²) in [6, 6.07) is 10.5. The van der Waals surface area contributed by atoms with Crippen LogP contribution in [0, 0.1) is 0 Å². The van der Waals surface area contributed by atoms with Crippen LogP contribution in [0.4, 0.5) is 0 Å². The van der Waals surface area contributed by atoms with Gasteiger partial charge in [-0.2, -0.15) is 0 Å². The summed E-state index contributed by atoms with van der Waals surface area (Å²) in [6.45, 7) is 3.08. The van der Waals surface area contributed by atoms with Crippen molar-refractivity contribution in [3.63, 3.8) is 0 Å². The Bertz CT molecular complexity index is 251. The lowest BCUT2D eigenvalue weighted by molar-refractivity contribution is 0.0940. The summed E-state index contributed by atoms with van der Waals surface area (Å²) in [5, 5.41) is 11.8. The lowest BCUT2D eigenvalue weighted by Gasteiger charge is -2.05. The molecule has 0 aliphatic carbocycles. The molecule has 0 heterocycles. The van der Waals surface area contributed by atoms with Crippen molar-refractivity contribution in [2.45, 2.75) is 12.8 Å². The van der Waals surface area contributed by atoms with Crippen LogP contribution >= 0.6 is 0 Å². The molecule has 1 rings (SSSR count). The number of aliphatic hydroxyl groups excluding tert-OH is 1. The molecule has 0 radical (unpaired) electrons. The Morgan fingerprint density at radius 3 is 2.62 bits per heavy atom. The maximum atomic E-state index is 8.49. The highest BCUT2D eigenvalue weighted by Gasteiger charge is 1.92. The van der Waals surface area contributed by atoms with Crippen molar-refractivity contribution in [2.75, 3.05) is 32.9 Å². The van der Waals surface area contributed by atoms with E-state index in [9.17, 15) is 0 Å². The molecule has 0 spiro atoms. The first-order valence-electron chi connectivity index (χ1n) is 5.86. The van der Waals surface area contributed by atoms with Crippen LogP contribution in [0.25, 0.3) is 0 Å². The van der Waals surface area contributed by atoms with E-state index in [1.165, 1.54) is 5.56 Å². The predicted molar refractivity (Wildman–Crippen MR) is 65.5 cm³/mol. The van der Waals surface area contributed by atoms with Crippen LogP contribution in [0.15, 0.2) is 30.3 Å². The summed E-state index contributed by atoms with van der Waals surface area (Å²) in [5.74, 6) is 0. The first kappa shape index (κ1) is 13.2. The fourth-order valence-electron chi connectivity index (χ4n) is 1.50. The monoisotopic (exact) mass is 223 g/mol. The Morgan fingerprint density at radius 2 is 1.88 bits per heavy atom. The van der Waals surface area contributed by atoms with Crippen LogP contribution in [0.3, 0.4) is 0 Å². The van der Waals surface area contributed by atoms with Gasteiger partial charge in [0.1, 0.15) is 0 Å². The highest BCUT2D eigenvalue weighted by molar-refractivity contribution is 5.14. The van der Waals surface area contributed by atoms with Gasteiger partial charge in [0.25, 0.3) is 0 Å². The molecule has 0 saturated heterocycles. The van der Waals surface area contributed by atoms with Crippen LogP contribution in [0.5, 0.6) is 0 Å². The fourth-order valence-corrected chi connectivity index (χ4v) is 1.50. The summed E-state index contributed by atoms with van der Waals surface area (Å²) >= 11 is 0. The van der Waals surface area contributed by atoms with E-state index in [0.717, 1.165) is 25.9 Å². The Labute approximate surface area is 97.4 Å². The molecule has 1 aromatic rings. The third-order valence-electron chi connectivity index (χ3n) is 2.32. The van der Waals surface area contributed by atoms with Crippen LogP contribution in [-0.4, -0.2) is 38.0 Å². The number of nitrogens with one attached hydrogen (secondary N) is 1. The van der Waals surface area contributed by atoms with Gasteiger partial charge in [0.15, 0.2) is 0 Å². The van der Waals surface area contributed by atoms with Gasteiger partial charge in [-0.05, 0) is 24.9 Å². The lowest BCUT2D eigenvalue weighted by atomic mass is 10.1. The molecule has 0 bridgehead atoms. The second kappa shape index (κ2) is 9.33.